The predicted molar refractivity (Wildman–Crippen MR) is 79.4 cm³/mol. The first-order valence-electron chi connectivity index (χ1n) is 6.90. The summed E-state index contributed by atoms with van der Waals surface area (Å²) in [7, 11) is 0. The molecular formula is C15H20Cl2FN. The van der Waals surface area contributed by atoms with E-state index in [0.717, 1.165) is 0 Å². The van der Waals surface area contributed by atoms with E-state index in [2.05, 4.69) is 12.2 Å². The molecule has 0 aromatic heterocycles. The lowest BCUT2D eigenvalue weighted by atomic mass is 9.97. The molecule has 1 saturated carbocycles. The first kappa shape index (κ1) is 15.1. The third kappa shape index (κ3) is 3.42. The average Bonchev–Trinajstić information content (AvgIpc) is 2.88. The van der Waals surface area contributed by atoms with Gasteiger partial charge in [0.2, 0.25) is 0 Å². The molecule has 2 atom stereocenters. The van der Waals surface area contributed by atoms with Crippen molar-refractivity contribution in [3.05, 3.63) is 33.6 Å². The summed E-state index contributed by atoms with van der Waals surface area (Å²) in [6.45, 7) is 4.17. The topological polar surface area (TPSA) is 12.0 Å². The predicted octanol–water partition coefficient (Wildman–Crippen LogP) is 5.36. The van der Waals surface area contributed by atoms with Crippen LogP contribution in [0.2, 0.25) is 10.0 Å². The van der Waals surface area contributed by atoms with Crippen LogP contribution in [0.25, 0.3) is 0 Å². The summed E-state index contributed by atoms with van der Waals surface area (Å²) < 4.78 is 13.5. The minimum absolute atomic E-state index is 0.0497. The molecule has 106 valence electrons. The molecule has 1 aromatic rings. The van der Waals surface area contributed by atoms with Gasteiger partial charge in [0, 0.05) is 22.7 Å². The van der Waals surface area contributed by atoms with Gasteiger partial charge in [0.05, 0.1) is 5.02 Å². The Hall–Kier alpha value is -0.310. The van der Waals surface area contributed by atoms with E-state index in [1.54, 1.807) is 6.07 Å². The minimum atomic E-state index is -0.414. The van der Waals surface area contributed by atoms with Crippen LogP contribution >= 0.6 is 23.2 Å². The molecule has 1 aromatic carbocycles. The summed E-state index contributed by atoms with van der Waals surface area (Å²) in [6, 6.07) is 3.22. The summed E-state index contributed by atoms with van der Waals surface area (Å²) in [6.07, 6.45) is 5.16. The van der Waals surface area contributed by atoms with Gasteiger partial charge in [-0.15, -0.1) is 0 Å². The highest BCUT2D eigenvalue weighted by molar-refractivity contribution is 6.36. The second-order valence-corrected chi connectivity index (χ2v) is 6.26. The Bertz CT molecular complexity index is 444. The molecule has 0 radical (unpaired) electrons. The van der Waals surface area contributed by atoms with E-state index in [0.29, 0.717) is 22.5 Å². The second kappa shape index (κ2) is 6.43. The SMILES string of the molecule is CC(NC(C)C1CCCC1)c1c(Cl)ccc(F)c1Cl. The van der Waals surface area contributed by atoms with Crippen molar-refractivity contribution in [1.29, 1.82) is 0 Å². The van der Waals surface area contributed by atoms with Gasteiger partial charge < -0.3 is 5.32 Å². The molecule has 1 aliphatic rings. The lowest BCUT2D eigenvalue weighted by molar-refractivity contribution is 0.352. The number of hydrogen-bond acceptors (Lipinski definition) is 1. The molecule has 0 spiro atoms. The van der Waals surface area contributed by atoms with E-state index >= 15 is 0 Å². The summed E-state index contributed by atoms with van der Waals surface area (Å²) in [5.41, 5.74) is 0.660. The summed E-state index contributed by atoms with van der Waals surface area (Å²) in [5.74, 6) is 0.289. The average molecular weight is 304 g/mol. The summed E-state index contributed by atoms with van der Waals surface area (Å²) in [4.78, 5) is 0. The normalized spacial score (nSPS) is 19.6. The highest BCUT2D eigenvalue weighted by Crippen LogP contribution is 2.34. The lowest BCUT2D eigenvalue weighted by Gasteiger charge is -2.26. The monoisotopic (exact) mass is 303 g/mol. The smallest absolute Gasteiger partial charge is 0.142 e. The second-order valence-electron chi connectivity index (χ2n) is 5.48. The van der Waals surface area contributed by atoms with Gasteiger partial charge in [0.25, 0.3) is 0 Å². The van der Waals surface area contributed by atoms with Gasteiger partial charge in [-0.3, -0.25) is 0 Å². The third-order valence-electron chi connectivity index (χ3n) is 4.13. The van der Waals surface area contributed by atoms with Gasteiger partial charge in [0.15, 0.2) is 0 Å². The Kier molecular flexibility index (Phi) is 5.10. The molecule has 0 aliphatic heterocycles. The standard InChI is InChI=1S/C15H20Cl2FN/c1-9(11-5-3-4-6-11)19-10(2)14-12(16)7-8-13(18)15(14)17/h7-11,19H,3-6H2,1-2H3. The van der Waals surface area contributed by atoms with Gasteiger partial charge in [-0.05, 0) is 44.7 Å². The Labute approximate surface area is 124 Å². The molecule has 2 rings (SSSR count). The van der Waals surface area contributed by atoms with Gasteiger partial charge in [-0.1, -0.05) is 36.0 Å². The molecule has 2 unspecified atom stereocenters. The molecule has 0 amide bonds. The Morgan fingerprint density at radius 3 is 2.47 bits per heavy atom. The highest BCUT2D eigenvalue weighted by atomic mass is 35.5. The van der Waals surface area contributed by atoms with Crippen LogP contribution in [0.15, 0.2) is 12.1 Å². The van der Waals surface area contributed by atoms with Crippen LogP contribution in [0.3, 0.4) is 0 Å². The molecule has 19 heavy (non-hydrogen) atoms. The van der Waals surface area contributed by atoms with Crippen LogP contribution in [0.4, 0.5) is 4.39 Å². The molecule has 1 N–H and O–H groups in total. The Morgan fingerprint density at radius 1 is 1.21 bits per heavy atom. The lowest BCUT2D eigenvalue weighted by Crippen LogP contribution is -2.34. The van der Waals surface area contributed by atoms with Crippen molar-refractivity contribution in [1.82, 2.24) is 5.32 Å². The van der Waals surface area contributed by atoms with Crippen molar-refractivity contribution in [2.24, 2.45) is 5.92 Å². The number of benzene rings is 1. The Morgan fingerprint density at radius 2 is 1.84 bits per heavy atom. The summed E-state index contributed by atoms with van der Waals surface area (Å²) >= 11 is 12.2. The Balaban J connectivity index is 2.11. The van der Waals surface area contributed by atoms with Gasteiger partial charge >= 0.3 is 0 Å². The maximum absolute atomic E-state index is 13.5. The van der Waals surface area contributed by atoms with E-state index in [1.165, 1.54) is 31.7 Å². The van der Waals surface area contributed by atoms with Crippen LogP contribution in [0.1, 0.15) is 51.1 Å². The number of halogens is 3. The molecular weight excluding hydrogens is 284 g/mol. The van der Waals surface area contributed by atoms with Crippen molar-refractivity contribution in [3.63, 3.8) is 0 Å². The minimum Gasteiger partial charge on any atom is -0.307 e. The van der Waals surface area contributed by atoms with Crippen molar-refractivity contribution >= 4 is 23.2 Å². The largest absolute Gasteiger partial charge is 0.307 e. The fourth-order valence-electron chi connectivity index (χ4n) is 3.01. The van der Waals surface area contributed by atoms with Gasteiger partial charge in [-0.2, -0.15) is 0 Å². The zero-order valence-corrected chi connectivity index (χ0v) is 12.9. The maximum atomic E-state index is 13.5. The van der Waals surface area contributed by atoms with Crippen molar-refractivity contribution in [2.45, 2.75) is 51.6 Å². The van der Waals surface area contributed by atoms with E-state index < -0.39 is 5.82 Å². The van der Waals surface area contributed by atoms with Crippen LogP contribution in [-0.2, 0) is 0 Å². The van der Waals surface area contributed by atoms with Crippen LogP contribution in [0.5, 0.6) is 0 Å². The number of nitrogens with one attached hydrogen (secondary N) is 1. The van der Waals surface area contributed by atoms with Crippen molar-refractivity contribution in [2.75, 3.05) is 0 Å². The highest BCUT2D eigenvalue weighted by Gasteiger charge is 2.24. The number of rotatable bonds is 4. The molecule has 0 saturated heterocycles. The number of hydrogen-bond donors (Lipinski definition) is 1. The van der Waals surface area contributed by atoms with E-state index in [4.69, 9.17) is 23.2 Å². The maximum Gasteiger partial charge on any atom is 0.142 e. The first-order valence-corrected chi connectivity index (χ1v) is 7.65. The summed E-state index contributed by atoms with van der Waals surface area (Å²) in [5, 5.41) is 4.16. The van der Waals surface area contributed by atoms with Crippen LogP contribution in [-0.4, -0.2) is 6.04 Å². The van der Waals surface area contributed by atoms with Crippen LogP contribution < -0.4 is 5.32 Å². The van der Waals surface area contributed by atoms with E-state index in [-0.39, 0.29) is 11.1 Å². The van der Waals surface area contributed by atoms with Crippen molar-refractivity contribution < 1.29 is 4.39 Å². The van der Waals surface area contributed by atoms with Gasteiger partial charge in [-0.25, -0.2) is 4.39 Å². The fourth-order valence-corrected chi connectivity index (χ4v) is 3.71. The molecule has 0 heterocycles. The third-order valence-corrected chi connectivity index (χ3v) is 4.85. The molecule has 0 bridgehead atoms. The molecule has 1 aliphatic carbocycles. The zero-order valence-electron chi connectivity index (χ0n) is 11.3. The molecule has 4 heteroatoms. The van der Waals surface area contributed by atoms with E-state index in [1.807, 2.05) is 6.92 Å². The molecule has 1 fully saturated rings. The van der Waals surface area contributed by atoms with Crippen molar-refractivity contribution in [3.8, 4) is 0 Å². The first-order chi connectivity index (χ1) is 9.00. The van der Waals surface area contributed by atoms with Gasteiger partial charge in [0.1, 0.15) is 5.82 Å². The van der Waals surface area contributed by atoms with Crippen LogP contribution in [0, 0.1) is 11.7 Å². The fraction of sp³-hybridized carbons (Fsp3) is 0.600. The quantitative estimate of drug-likeness (QED) is 0.738. The zero-order chi connectivity index (χ0) is 14.0. The molecule has 1 nitrogen and oxygen atoms in total. The van der Waals surface area contributed by atoms with E-state index in [9.17, 15) is 4.39 Å².